The number of nitrogens with one attached hydrogen (secondary N) is 2. The highest BCUT2D eigenvalue weighted by Crippen LogP contribution is 2.29. The average molecular weight is 489 g/mol. The molecule has 0 bridgehead atoms. The lowest BCUT2D eigenvalue weighted by Crippen LogP contribution is -2.49. The van der Waals surface area contributed by atoms with Crippen LogP contribution in [0.3, 0.4) is 0 Å². The summed E-state index contributed by atoms with van der Waals surface area (Å²) in [7, 11) is 1.88. The van der Waals surface area contributed by atoms with Crippen molar-refractivity contribution >= 4 is 41.3 Å². The number of halogens is 1. The fourth-order valence-corrected chi connectivity index (χ4v) is 4.97. The van der Waals surface area contributed by atoms with Gasteiger partial charge in [0.25, 0.3) is 0 Å². The number of likely N-dealkylation sites (tertiary alicyclic amines) is 1. The number of guanidine groups is 1. The van der Waals surface area contributed by atoms with E-state index in [4.69, 9.17) is 0 Å². The molecule has 0 radical (unpaired) electrons. The maximum absolute atomic E-state index is 4.44. The van der Waals surface area contributed by atoms with Crippen molar-refractivity contribution in [1.29, 1.82) is 0 Å². The quantitative estimate of drug-likeness (QED) is 0.379. The summed E-state index contributed by atoms with van der Waals surface area (Å²) in [6, 6.07) is 4.23. The van der Waals surface area contributed by atoms with Crippen molar-refractivity contribution in [3.8, 4) is 0 Å². The number of hydrogen-bond donors (Lipinski definition) is 2. The molecule has 4 rings (SSSR count). The molecule has 2 aliphatic heterocycles. The molecule has 26 heavy (non-hydrogen) atoms. The van der Waals surface area contributed by atoms with Crippen LogP contribution in [-0.2, 0) is 13.0 Å². The summed E-state index contributed by atoms with van der Waals surface area (Å²) in [5.74, 6) is 0.961. The zero-order valence-electron chi connectivity index (χ0n) is 15.9. The Hall–Kier alpha value is -0.380. The molecule has 146 valence electrons. The number of aliphatic imine (C=N–C) groups is 1. The Morgan fingerprint density at radius 3 is 2.96 bits per heavy atom. The number of thiophene rings is 1. The van der Waals surface area contributed by atoms with Gasteiger partial charge in [0.15, 0.2) is 5.96 Å². The van der Waals surface area contributed by atoms with Crippen LogP contribution >= 0.6 is 35.3 Å². The van der Waals surface area contributed by atoms with Crippen LogP contribution in [0.25, 0.3) is 0 Å². The fourth-order valence-electron chi connectivity index (χ4n) is 4.08. The van der Waals surface area contributed by atoms with E-state index < -0.39 is 0 Å². The summed E-state index contributed by atoms with van der Waals surface area (Å²) in [5.41, 5.74) is 1.52. The van der Waals surface area contributed by atoms with Crippen LogP contribution in [-0.4, -0.2) is 67.1 Å². The molecule has 1 aromatic heterocycles. The second-order valence-corrected chi connectivity index (χ2v) is 8.75. The van der Waals surface area contributed by atoms with Crippen LogP contribution in [0.1, 0.15) is 36.6 Å². The fraction of sp³-hybridized carbons (Fsp3) is 0.737. The highest BCUT2D eigenvalue weighted by molar-refractivity contribution is 14.0. The molecule has 1 aliphatic carbocycles. The smallest absolute Gasteiger partial charge is 0.191 e. The molecule has 3 heterocycles. The molecule has 2 fully saturated rings. The lowest BCUT2D eigenvalue weighted by atomic mass is 10.1. The Bertz CT molecular complexity index is 615. The van der Waals surface area contributed by atoms with Crippen molar-refractivity contribution in [2.45, 2.75) is 57.3 Å². The van der Waals surface area contributed by atoms with E-state index in [1.807, 2.05) is 18.4 Å². The Balaban J connectivity index is 0.00000196. The van der Waals surface area contributed by atoms with E-state index in [9.17, 15) is 0 Å². The molecular weight excluding hydrogens is 457 g/mol. The minimum Gasteiger partial charge on any atom is -0.355 e. The van der Waals surface area contributed by atoms with Crippen molar-refractivity contribution in [3.63, 3.8) is 0 Å². The van der Waals surface area contributed by atoms with Gasteiger partial charge in [-0.15, -0.1) is 35.3 Å². The first-order valence-corrected chi connectivity index (χ1v) is 10.6. The summed E-state index contributed by atoms with van der Waals surface area (Å²) in [6.07, 6.45) is 5.24. The normalized spacial score (nSPS) is 25.5. The van der Waals surface area contributed by atoms with E-state index in [0.29, 0.717) is 12.1 Å². The molecule has 5 nitrogen and oxygen atoms in total. The van der Waals surface area contributed by atoms with Gasteiger partial charge >= 0.3 is 0 Å². The van der Waals surface area contributed by atoms with Crippen LogP contribution in [0.15, 0.2) is 16.4 Å². The molecule has 0 amide bonds. The van der Waals surface area contributed by atoms with Gasteiger partial charge in [-0.05, 0) is 49.6 Å². The van der Waals surface area contributed by atoms with E-state index in [1.54, 1.807) is 4.88 Å². The van der Waals surface area contributed by atoms with Crippen molar-refractivity contribution in [3.05, 3.63) is 21.9 Å². The molecule has 1 aromatic rings. The molecule has 1 saturated heterocycles. The SMILES string of the molecule is CN=C(NCC(C)N1CCc2sccc2C1)NC1CCN(C2CC2)C1.I. The highest BCUT2D eigenvalue weighted by Gasteiger charge is 2.34. The maximum atomic E-state index is 4.44. The van der Waals surface area contributed by atoms with Gasteiger partial charge in [0.2, 0.25) is 0 Å². The number of rotatable bonds is 5. The minimum absolute atomic E-state index is 0. The van der Waals surface area contributed by atoms with E-state index in [1.165, 1.54) is 50.9 Å². The Morgan fingerprint density at radius 1 is 1.35 bits per heavy atom. The summed E-state index contributed by atoms with van der Waals surface area (Å²) in [5, 5.41) is 9.41. The Morgan fingerprint density at radius 2 is 2.19 bits per heavy atom. The monoisotopic (exact) mass is 489 g/mol. The Kier molecular flexibility index (Phi) is 7.21. The lowest BCUT2D eigenvalue weighted by Gasteiger charge is -2.33. The molecule has 0 aromatic carbocycles. The predicted octanol–water partition coefficient (Wildman–Crippen LogP) is 2.51. The van der Waals surface area contributed by atoms with Gasteiger partial charge in [0.1, 0.15) is 0 Å². The molecule has 0 spiro atoms. The third kappa shape index (κ3) is 4.91. The van der Waals surface area contributed by atoms with Crippen LogP contribution in [0.2, 0.25) is 0 Å². The van der Waals surface area contributed by atoms with E-state index in [-0.39, 0.29) is 24.0 Å². The molecule has 2 unspecified atom stereocenters. The van der Waals surface area contributed by atoms with Gasteiger partial charge in [0.05, 0.1) is 0 Å². The van der Waals surface area contributed by atoms with Crippen molar-refractivity contribution in [1.82, 2.24) is 20.4 Å². The third-order valence-electron chi connectivity index (χ3n) is 5.87. The van der Waals surface area contributed by atoms with Gasteiger partial charge in [-0.3, -0.25) is 14.8 Å². The van der Waals surface area contributed by atoms with Gasteiger partial charge in [0, 0.05) is 62.8 Å². The lowest BCUT2D eigenvalue weighted by molar-refractivity contribution is 0.192. The zero-order chi connectivity index (χ0) is 17.2. The summed E-state index contributed by atoms with van der Waals surface area (Å²) in [4.78, 5) is 11.2. The van der Waals surface area contributed by atoms with E-state index in [0.717, 1.165) is 25.1 Å². The van der Waals surface area contributed by atoms with Crippen LogP contribution in [0.4, 0.5) is 0 Å². The molecule has 1 saturated carbocycles. The van der Waals surface area contributed by atoms with Gasteiger partial charge in [-0.2, -0.15) is 0 Å². The van der Waals surface area contributed by atoms with Crippen LogP contribution < -0.4 is 10.6 Å². The second kappa shape index (κ2) is 9.21. The first kappa shape index (κ1) is 20.4. The summed E-state index contributed by atoms with van der Waals surface area (Å²) < 4.78 is 0. The van der Waals surface area contributed by atoms with E-state index >= 15 is 0 Å². The predicted molar refractivity (Wildman–Crippen MR) is 121 cm³/mol. The van der Waals surface area contributed by atoms with Crippen LogP contribution in [0.5, 0.6) is 0 Å². The molecule has 2 N–H and O–H groups in total. The summed E-state index contributed by atoms with van der Waals surface area (Å²) in [6.45, 7) is 7.94. The van der Waals surface area contributed by atoms with Gasteiger partial charge < -0.3 is 10.6 Å². The van der Waals surface area contributed by atoms with Crippen molar-refractivity contribution in [2.75, 3.05) is 33.2 Å². The average Bonchev–Trinajstić information content (AvgIpc) is 3.19. The van der Waals surface area contributed by atoms with Crippen molar-refractivity contribution in [2.24, 2.45) is 4.99 Å². The number of hydrogen-bond acceptors (Lipinski definition) is 4. The maximum Gasteiger partial charge on any atom is 0.191 e. The van der Waals surface area contributed by atoms with E-state index in [2.05, 4.69) is 43.8 Å². The molecule has 2 atom stereocenters. The van der Waals surface area contributed by atoms with Crippen molar-refractivity contribution < 1.29 is 0 Å². The number of fused-ring (bicyclic) bond motifs is 1. The molecule has 3 aliphatic rings. The van der Waals surface area contributed by atoms with Gasteiger partial charge in [-0.1, -0.05) is 0 Å². The standard InChI is InChI=1S/C19H31N5S.HI/c1-14(23-9-6-18-15(12-23)7-10-25-18)11-21-19(20-2)22-16-5-8-24(13-16)17-3-4-17;/h7,10,14,16-17H,3-6,8-9,11-13H2,1-2H3,(H2,20,21,22);1H. The largest absolute Gasteiger partial charge is 0.355 e. The van der Waals surface area contributed by atoms with Gasteiger partial charge in [-0.25, -0.2) is 0 Å². The highest BCUT2D eigenvalue weighted by atomic mass is 127. The molecular formula is C19H32IN5S. The van der Waals surface area contributed by atoms with Crippen LogP contribution in [0, 0.1) is 0 Å². The second-order valence-electron chi connectivity index (χ2n) is 7.75. The summed E-state index contributed by atoms with van der Waals surface area (Å²) >= 11 is 1.91. The minimum atomic E-state index is 0. The first-order valence-electron chi connectivity index (χ1n) is 9.73. The first-order chi connectivity index (χ1) is 12.2. The molecule has 7 heteroatoms. The number of nitrogens with zero attached hydrogens (tertiary/aromatic N) is 3. The third-order valence-corrected chi connectivity index (χ3v) is 6.90. The Labute approximate surface area is 178 Å². The topological polar surface area (TPSA) is 42.9 Å². The zero-order valence-corrected chi connectivity index (χ0v) is 19.1.